The summed E-state index contributed by atoms with van der Waals surface area (Å²) in [6, 6.07) is 0. The lowest BCUT2D eigenvalue weighted by molar-refractivity contribution is -0.140. The van der Waals surface area contributed by atoms with Gasteiger partial charge in [0.25, 0.3) is 6.43 Å². The highest BCUT2D eigenvalue weighted by atomic mass is 19.4. The van der Waals surface area contributed by atoms with Crippen LogP contribution in [0.1, 0.15) is 23.2 Å². The molecule has 15 heavy (non-hydrogen) atoms. The predicted octanol–water partition coefficient (Wildman–Crippen LogP) is 3.49. The van der Waals surface area contributed by atoms with Gasteiger partial charge in [-0.05, 0) is 6.92 Å². The minimum Gasteiger partial charge on any atom is -0.254 e. The second-order valence-electron chi connectivity index (χ2n) is 2.79. The summed E-state index contributed by atoms with van der Waals surface area (Å²) in [6.45, 7) is 0.832. The molecule has 0 fully saturated rings. The lowest BCUT2D eigenvalue weighted by Gasteiger charge is -2.11. The van der Waals surface area contributed by atoms with Crippen molar-refractivity contribution in [3.63, 3.8) is 0 Å². The van der Waals surface area contributed by atoms with Crippen LogP contribution in [-0.2, 0) is 6.18 Å². The summed E-state index contributed by atoms with van der Waals surface area (Å²) >= 11 is 0. The zero-order valence-electron chi connectivity index (χ0n) is 7.37. The van der Waals surface area contributed by atoms with Gasteiger partial charge in [0, 0.05) is 11.8 Å². The molecule has 0 bridgehead atoms. The summed E-state index contributed by atoms with van der Waals surface area (Å²) in [6.07, 6.45) is -7.95. The minimum absolute atomic E-state index is 0.0732. The normalized spacial score (nSPS) is 12.3. The van der Waals surface area contributed by atoms with Crippen molar-refractivity contribution in [2.24, 2.45) is 0 Å². The van der Waals surface area contributed by atoms with Crippen LogP contribution in [0.15, 0.2) is 6.20 Å². The summed E-state index contributed by atoms with van der Waals surface area (Å²) in [5.74, 6) is -1.70. The summed E-state index contributed by atoms with van der Waals surface area (Å²) < 4.78 is 73.6. The van der Waals surface area contributed by atoms with Crippen molar-refractivity contribution < 1.29 is 26.3 Å². The third-order valence-corrected chi connectivity index (χ3v) is 1.79. The Hall–Kier alpha value is -1.27. The smallest absolute Gasteiger partial charge is 0.254 e. The minimum atomic E-state index is -4.93. The number of hydrogen-bond acceptors (Lipinski definition) is 1. The van der Waals surface area contributed by atoms with E-state index in [1.165, 1.54) is 0 Å². The number of nitrogens with zero attached hydrogens (tertiary/aromatic N) is 1. The molecule has 0 N–H and O–H groups in total. The van der Waals surface area contributed by atoms with Crippen molar-refractivity contribution in [3.8, 4) is 0 Å². The summed E-state index contributed by atoms with van der Waals surface area (Å²) in [5.41, 5.74) is -3.38. The Kier molecular flexibility index (Phi) is 2.92. The molecule has 0 spiro atoms. The molecule has 1 nitrogen and oxygen atoms in total. The zero-order valence-corrected chi connectivity index (χ0v) is 7.37. The molecule has 1 aromatic heterocycles. The van der Waals surface area contributed by atoms with Crippen LogP contribution in [0.2, 0.25) is 0 Å². The van der Waals surface area contributed by atoms with Gasteiger partial charge in [0.05, 0.1) is 0 Å². The van der Waals surface area contributed by atoms with E-state index in [0.717, 1.165) is 6.92 Å². The summed E-state index contributed by atoms with van der Waals surface area (Å²) in [5, 5.41) is 0. The molecule has 0 unspecified atom stereocenters. The number of rotatable bonds is 1. The van der Waals surface area contributed by atoms with E-state index in [9.17, 15) is 26.3 Å². The molecule has 84 valence electrons. The lowest BCUT2D eigenvalue weighted by Crippen LogP contribution is -2.12. The molecule has 1 aromatic rings. The van der Waals surface area contributed by atoms with E-state index in [2.05, 4.69) is 4.98 Å². The van der Waals surface area contributed by atoms with Crippen molar-refractivity contribution in [1.29, 1.82) is 0 Å². The fraction of sp³-hybridized carbons (Fsp3) is 0.375. The zero-order chi connectivity index (χ0) is 11.8. The third-order valence-electron chi connectivity index (χ3n) is 1.79. The first-order valence-electron chi connectivity index (χ1n) is 3.75. The van der Waals surface area contributed by atoms with E-state index < -0.39 is 35.2 Å². The second kappa shape index (κ2) is 3.71. The van der Waals surface area contributed by atoms with Crippen molar-refractivity contribution in [2.45, 2.75) is 19.5 Å². The molecule has 0 saturated heterocycles. The summed E-state index contributed by atoms with van der Waals surface area (Å²) in [7, 11) is 0. The molecule has 0 aliphatic heterocycles. The fourth-order valence-corrected chi connectivity index (χ4v) is 1.02. The van der Waals surface area contributed by atoms with Crippen LogP contribution in [0.25, 0.3) is 0 Å². The standard InChI is InChI=1S/C8H5F6N/c1-3-5(9)4(8(12,13)14)2-15-6(3)7(10)11/h2,7H,1H3. The molecule has 1 heterocycles. The second-order valence-corrected chi connectivity index (χ2v) is 2.79. The van der Waals surface area contributed by atoms with Crippen LogP contribution >= 0.6 is 0 Å². The maximum atomic E-state index is 13.0. The Balaban J connectivity index is 3.34. The van der Waals surface area contributed by atoms with Gasteiger partial charge in [-0.15, -0.1) is 0 Å². The molecule has 0 amide bonds. The Morgan fingerprint density at radius 2 is 1.80 bits per heavy atom. The predicted molar refractivity (Wildman–Crippen MR) is 38.9 cm³/mol. The summed E-state index contributed by atoms with van der Waals surface area (Å²) in [4.78, 5) is 2.90. The highest BCUT2D eigenvalue weighted by Crippen LogP contribution is 2.34. The van der Waals surface area contributed by atoms with E-state index in [1.807, 2.05) is 0 Å². The monoisotopic (exact) mass is 229 g/mol. The average molecular weight is 229 g/mol. The van der Waals surface area contributed by atoms with E-state index in [1.54, 1.807) is 0 Å². The number of alkyl halides is 5. The van der Waals surface area contributed by atoms with Crippen molar-refractivity contribution in [1.82, 2.24) is 4.98 Å². The maximum absolute atomic E-state index is 13.0. The van der Waals surface area contributed by atoms with Crippen molar-refractivity contribution in [2.75, 3.05) is 0 Å². The fourth-order valence-electron chi connectivity index (χ4n) is 1.02. The molecule has 0 saturated carbocycles. The maximum Gasteiger partial charge on any atom is 0.420 e. The van der Waals surface area contributed by atoms with Crippen LogP contribution in [0.4, 0.5) is 26.3 Å². The molecular formula is C8H5F6N. The van der Waals surface area contributed by atoms with Crippen LogP contribution < -0.4 is 0 Å². The molecule has 0 aliphatic rings. The van der Waals surface area contributed by atoms with Gasteiger partial charge in [-0.1, -0.05) is 0 Å². The van der Waals surface area contributed by atoms with Crippen LogP contribution in [-0.4, -0.2) is 4.98 Å². The third kappa shape index (κ3) is 2.21. The molecular weight excluding hydrogens is 224 g/mol. The average Bonchev–Trinajstić information content (AvgIpc) is 2.06. The van der Waals surface area contributed by atoms with E-state index in [-0.39, 0.29) is 6.20 Å². The van der Waals surface area contributed by atoms with Gasteiger partial charge in [0.1, 0.15) is 17.1 Å². The Bertz CT molecular complexity index is 370. The number of hydrogen-bond donors (Lipinski definition) is 0. The largest absolute Gasteiger partial charge is 0.420 e. The van der Waals surface area contributed by atoms with Gasteiger partial charge in [0.15, 0.2) is 0 Å². The Morgan fingerprint density at radius 1 is 1.27 bits per heavy atom. The highest BCUT2D eigenvalue weighted by molar-refractivity contribution is 5.28. The molecule has 0 aliphatic carbocycles. The quantitative estimate of drug-likeness (QED) is 0.671. The SMILES string of the molecule is Cc1c(C(F)F)ncc(C(F)(F)F)c1F. The van der Waals surface area contributed by atoms with Gasteiger partial charge in [-0.25, -0.2) is 13.2 Å². The van der Waals surface area contributed by atoms with E-state index >= 15 is 0 Å². The van der Waals surface area contributed by atoms with Gasteiger partial charge < -0.3 is 0 Å². The van der Waals surface area contributed by atoms with Gasteiger partial charge in [0.2, 0.25) is 0 Å². The first-order chi connectivity index (χ1) is 6.75. The van der Waals surface area contributed by atoms with E-state index in [4.69, 9.17) is 0 Å². The Morgan fingerprint density at radius 3 is 2.20 bits per heavy atom. The van der Waals surface area contributed by atoms with Crippen LogP contribution in [0, 0.1) is 12.7 Å². The number of pyridine rings is 1. The van der Waals surface area contributed by atoms with Gasteiger partial charge in [-0.2, -0.15) is 13.2 Å². The van der Waals surface area contributed by atoms with Gasteiger partial charge in [-0.3, -0.25) is 4.98 Å². The van der Waals surface area contributed by atoms with Crippen LogP contribution in [0.5, 0.6) is 0 Å². The van der Waals surface area contributed by atoms with Crippen LogP contribution in [0.3, 0.4) is 0 Å². The first-order valence-corrected chi connectivity index (χ1v) is 3.75. The van der Waals surface area contributed by atoms with Crippen molar-refractivity contribution in [3.05, 3.63) is 28.8 Å². The van der Waals surface area contributed by atoms with E-state index in [0.29, 0.717) is 0 Å². The highest BCUT2D eigenvalue weighted by Gasteiger charge is 2.36. The lowest BCUT2D eigenvalue weighted by atomic mass is 10.1. The molecule has 7 heteroatoms. The Labute approximate surface area is 80.7 Å². The van der Waals surface area contributed by atoms with Gasteiger partial charge >= 0.3 is 6.18 Å². The first kappa shape index (κ1) is 11.8. The topological polar surface area (TPSA) is 12.9 Å². The molecule has 0 aromatic carbocycles. The molecule has 0 radical (unpaired) electrons. The molecule has 0 atom stereocenters. The van der Waals surface area contributed by atoms with Crippen molar-refractivity contribution >= 4 is 0 Å². The molecule has 1 rings (SSSR count). The number of halogens is 6. The number of aromatic nitrogens is 1.